The first-order chi connectivity index (χ1) is 12.5. The molecule has 26 heavy (non-hydrogen) atoms. The molecule has 0 saturated carbocycles. The average molecular weight is 392 g/mol. The number of hydrogen-bond donors (Lipinski definition) is 2. The van der Waals surface area contributed by atoms with Crippen LogP contribution in [0.5, 0.6) is 0 Å². The number of ether oxygens (including phenoxy) is 1. The zero-order valence-electron chi connectivity index (χ0n) is 14.1. The van der Waals surface area contributed by atoms with Gasteiger partial charge in [-0.05, 0) is 24.6 Å². The molecule has 0 aliphatic heterocycles. The fourth-order valence-electron chi connectivity index (χ4n) is 2.13. The molecule has 3 rings (SSSR count). The fourth-order valence-corrected chi connectivity index (χ4v) is 3.88. The molecule has 0 unspecified atom stereocenters. The lowest BCUT2D eigenvalue weighted by atomic mass is 10.2. The first-order valence-electron chi connectivity index (χ1n) is 7.51. The van der Waals surface area contributed by atoms with Gasteiger partial charge in [0.05, 0.1) is 23.1 Å². The largest absolute Gasteiger partial charge is 0.468 e. The highest BCUT2D eigenvalue weighted by molar-refractivity contribution is 7.99. The molecular formula is C15H16N6O3S2. The van der Waals surface area contributed by atoms with Gasteiger partial charge in [0, 0.05) is 0 Å². The molecule has 3 N–H and O–H groups in total. The number of anilines is 2. The molecule has 1 aromatic carbocycles. The van der Waals surface area contributed by atoms with E-state index < -0.39 is 5.97 Å². The summed E-state index contributed by atoms with van der Waals surface area (Å²) in [4.78, 5) is 28.0. The van der Waals surface area contributed by atoms with Crippen molar-refractivity contribution in [1.29, 1.82) is 0 Å². The van der Waals surface area contributed by atoms with Crippen molar-refractivity contribution in [2.75, 3.05) is 23.9 Å². The van der Waals surface area contributed by atoms with Gasteiger partial charge in [-0.25, -0.2) is 4.98 Å². The Labute approximate surface area is 156 Å². The number of aryl methyl sites for hydroxylation is 1. The summed E-state index contributed by atoms with van der Waals surface area (Å²) >= 11 is 2.49. The number of methoxy groups -OCH3 is 1. The van der Waals surface area contributed by atoms with Crippen LogP contribution >= 0.6 is 23.1 Å². The third kappa shape index (κ3) is 4.11. The smallest absolute Gasteiger partial charge is 0.316 e. The van der Waals surface area contributed by atoms with Crippen LogP contribution in [-0.4, -0.2) is 44.5 Å². The number of thiazole rings is 1. The van der Waals surface area contributed by atoms with E-state index in [0.717, 1.165) is 27.5 Å². The number of benzene rings is 1. The van der Waals surface area contributed by atoms with Crippen LogP contribution in [0.4, 0.5) is 11.1 Å². The zero-order valence-corrected chi connectivity index (χ0v) is 15.7. The van der Waals surface area contributed by atoms with Crippen molar-refractivity contribution >= 4 is 56.3 Å². The molecule has 0 atom stereocenters. The minimum absolute atomic E-state index is 0.0491. The number of nitrogens with one attached hydrogen (secondary N) is 1. The van der Waals surface area contributed by atoms with E-state index >= 15 is 0 Å². The van der Waals surface area contributed by atoms with Crippen LogP contribution in [0, 0.1) is 6.92 Å². The van der Waals surface area contributed by atoms with Crippen LogP contribution in [0.2, 0.25) is 0 Å². The Morgan fingerprint density at radius 2 is 2.19 bits per heavy atom. The van der Waals surface area contributed by atoms with E-state index in [1.807, 2.05) is 25.1 Å². The third-order valence-electron chi connectivity index (χ3n) is 3.38. The van der Waals surface area contributed by atoms with Crippen LogP contribution in [0.15, 0.2) is 23.4 Å². The Morgan fingerprint density at radius 1 is 1.38 bits per heavy atom. The predicted octanol–water partition coefficient (Wildman–Crippen LogP) is 1.68. The lowest BCUT2D eigenvalue weighted by molar-refractivity contribution is -0.137. The minimum Gasteiger partial charge on any atom is -0.468 e. The summed E-state index contributed by atoms with van der Waals surface area (Å²) in [6, 6.07) is 5.90. The van der Waals surface area contributed by atoms with Gasteiger partial charge in [-0.3, -0.25) is 14.2 Å². The van der Waals surface area contributed by atoms with Crippen molar-refractivity contribution in [3.8, 4) is 0 Å². The van der Waals surface area contributed by atoms with Crippen molar-refractivity contribution < 1.29 is 14.3 Å². The number of carbonyl (C=O) groups excluding carboxylic acids is 2. The number of aromatic nitrogens is 4. The van der Waals surface area contributed by atoms with Gasteiger partial charge in [0.1, 0.15) is 6.54 Å². The monoisotopic (exact) mass is 392 g/mol. The number of carbonyl (C=O) groups is 2. The van der Waals surface area contributed by atoms with Crippen LogP contribution in [0.3, 0.4) is 0 Å². The third-order valence-corrected chi connectivity index (χ3v) is 5.26. The molecule has 3 aromatic rings. The van der Waals surface area contributed by atoms with E-state index in [1.165, 1.54) is 23.0 Å². The zero-order chi connectivity index (χ0) is 18.7. The lowest BCUT2D eigenvalue weighted by Crippen LogP contribution is -2.20. The van der Waals surface area contributed by atoms with Crippen LogP contribution in [0.1, 0.15) is 5.56 Å². The van der Waals surface area contributed by atoms with Gasteiger partial charge >= 0.3 is 5.97 Å². The average Bonchev–Trinajstić information content (AvgIpc) is 3.15. The molecule has 0 aliphatic carbocycles. The summed E-state index contributed by atoms with van der Waals surface area (Å²) in [7, 11) is 1.30. The second kappa shape index (κ2) is 7.70. The van der Waals surface area contributed by atoms with Crippen molar-refractivity contribution in [3.63, 3.8) is 0 Å². The number of nitrogen functional groups attached to an aromatic ring is 1. The Hall–Kier alpha value is -2.66. The topological polar surface area (TPSA) is 125 Å². The van der Waals surface area contributed by atoms with Crippen LogP contribution < -0.4 is 11.1 Å². The van der Waals surface area contributed by atoms with Crippen LogP contribution in [-0.2, 0) is 20.9 Å². The van der Waals surface area contributed by atoms with Gasteiger partial charge in [0.25, 0.3) is 0 Å². The van der Waals surface area contributed by atoms with E-state index in [0.29, 0.717) is 10.3 Å². The first-order valence-corrected chi connectivity index (χ1v) is 9.32. The van der Waals surface area contributed by atoms with Gasteiger partial charge in [0.2, 0.25) is 11.9 Å². The van der Waals surface area contributed by atoms with Crippen molar-refractivity contribution in [2.45, 2.75) is 18.6 Å². The maximum absolute atomic E-state index is 12.3. The molecule has 0 bridgehead atoms. The van der Waals surface area contributed by atoms with Gasteiger partial charge in [-0.15, -0.1) is 10.2 Å². The highest BCUT2D eigenvalue weighted by Gasteiger charge is 2.16. The fraction of sp³-hybridized carbons (Fsp3) is 0.267. The molecule has 0 fully saturated rings. The minimum atomic E-state index is -0.405. The molecule has 2 aromatic heterocycles. The molecule has 0 saturated heterocycles. The normalized spacial score (nSPS) is 10.8. The molecule has 1 amide bonds. The Kier molecular flexibility index (Phi) is 5.38. The van der Waals surface area contributed by atoms with Crippen molar-refractivity contribution in [2.24, 2.45) is 0 Å². The van der Waals surface area contributed by atoms with Crippen molar-refractivity contribution in [3.05, 3.63) is 23.8 Å². The number of nitrogens with two attached hydrogens (primary N) is 1. The highest BCUT2D eigenvalue weighted by Crippen LogP contribution is 2.27. The number of esters is 1. The number of amides is 1. The molecule has 0 radical (unpaired) electrons. The summed E-state index contributed by atoms with van der Waals surface area (Å²) in [5.41, 5.74) is 7.72. The lowest BCUT2D eigenvalue weighted by Gasteiger charge is -2.07. The number of hydrogen-bond acceptors (Lipinski definition) is 9. The first kappa shape index (κ1) is 18.1. The second-order valence-corrected chi connectivity index (χ2v) is 7.30. The van der Waals surface area contributed by atoms with E-state index in [2.05, 4.69) is 25.2 Å². The van der Waals surface area contributed by atoms with E-state index in [-0.39, 0.29) is 24.2 Å². The van der Waals surface area contributed by atoms with Gasteiger partial charge in [0.15, 0.2) is 10.3 Å². The van der Waals surface area contributed by atoms with Crippen LogP contribution in [0.25, 0.3) is 10.2 Å². The predicted molar refractivity (Wildman–Crippen MR) is 100 cm³/mol. The van der Waals surface area contributed by atoms with E-state index in [1.54, 1.807) is 0 Å². The van der Waals surface area contributed by atoms with Gasteiger partial charge in [-0.1, -0.05) is 29.2 Å². The maximum Gasteiger partial charge on any atom is 0.316 e. The standard InChI is InChI=1S/C15H16N6O3S2/c1-8-3-4-9-10(5-8)26-14(17-9)18-11(22)6-21-13(16)19-20-15(21)25-7-12(23)24-2/h3-5H,6-7H2,1-2H3,(H2,16,19)(H,17,18,22). The van der Waals surface area contributed by atoms with Gasteiger partial charge in [-0.2, -0.15) is 0 Å². The SMILES string of the molecule is COC(=O)CSc1nnc(N)n1CC(=O)Nc1nc2ccc(C)cc2s1. The summed E-state index contributed by atoms with van der Waals surface area (Å²) in [6.45, 7) is 1.91. The summed E-state index contributed by atoms with van der Waals surface area (Å²) in [5.74, 6) is -0.579. The van der Waals surface area contributed by atoms with Gasteiger partial charge < -0.3 is 15.8 Å². The Morgan fingerprint density at radius 3 is 2.96 bits per heavy atom. The maximum atomic E-state index is 12.3. The number of thioether (sulfide) groups is 1. The molecule has 11 heteroatoms. The van der Waals surface area contributed by atoms with Crippen molar-refractivity contribution in [1.82, 2.24) is 19.7 Å². The molecule has 0 aliphatic rings. The number of rotatable bonds is 6. The molecular weight excluding hydrogens is 376 g/mol. The Balaban J connectivity index is 1.69. The highest BCUT2D eigenvalue weighted by atomic mass is 32.2. The molecule has 0 spiro atoms. The summed E-state index contributed by atoms with van der Waals surface area (Å²) < 4.78 is 7.01. The number of fused-ring (bicyclic) bond motifs is 1. The molecule has 136 valence electrons. The molecule has 2 heterocycles. The molecule has 9 nitrogen and oxygen atoms in total. The number of nitrogens with zero attached hydrogens (tertiary/aromatic N) is 4. The Bertz CT molecular complexity index is 968. The van der Waals surface area contributed by atoms with E-state index in [4.69, 9.17) is 5.73 Å². The van der Waals surface area contributed by atoms with E-state index in [9.17, 15) is 9.59 Å². The summed E-state index contributed by atoms with van der Waals surface area (Å²) in [5, 5.41) is 11.3. The summed E-state index contributed by atoms with van der Waals surface area (Å²) in [6.07, 6.45) is 0. The second-order valence-electron chi connectivity index (χ2n) is 5.33. The quantitative estimate of drug-likeness (QED) is 0.479.